The van der Waals surface area contributed by atoms with E-state index in [1.807, 2.05) is 32.0 Å². The van der Waals surface area contributed by atoms with E-state index in [9.17, 15) is 9.90 Å². The molecule has 2 aromatic rings. The van der Waals surface area contributed by atoms with E-state index in [2.05, 4.69) is 18.8 Å². The Kier molecular flexibility index (Phi) is 7.44. The van der Waals surface area contributed by atoms with Crippen LogP contribution in [-0.2, 0) is 11.2 Å². The van der Waals surface area contributed by atoms with E-state index in [1.54, 1.807) is 20.3 Å². The molecule has 9 nitrogen and oxygen atoms in total. The summed E-state index contributed by atoms with van der Waals surface area (Å²) in [5.41, 5.74) is 3.61. The summed E-state index contributed by atoms with van der Waals surface area (Å²) in [5.74, 6) is 2.01. The minimum atomic E-state index is -0.426. The van der Waals surface area contributed by atoms with Gasteiger partial charge in [-0.15, -0.1) is 0 Å². The van der Waals surface area contributed by atoms with Gasteiger partial charge in [0.25, 0.3) is 5.91 Å². The number of aromatic hydroxyl groups is 1. The first-order valence-electron chi connectivity index (χ1n) is 13.5. The topological polar surface area (TPSA) is 102 Å². The number of phenols is 1. The number of ether oxygens (including phenoxy) is 4. The van der Waals surface area contributed by atoms with Crippen LogP contribution in [0.25, 0.3) is 0 Å². The van der Waals surface area contributed by atoms with Crippen molar-refractivity contribution in [1.82, 2.24) is 10.3 Å². The van der Waals surface area contributed by atoms with Crippen LogP contribution in [-0.4, -0.2) is 67.3 Å². The van der Waals surface area contributed by atoms with E-state index in [1.165, 1.54) is 5.01 Å². The average molecular weight is 536 g/mol. The van der Waals surface area contributed by atoms with Gasteiger partial charge in [-0.05, 0) is 50.6 Å². The second-order valence-electron chi connectivity index (χ2n) is 10.4. The summed E-state index contributed by atoms with van der Waals surface area (Å²) in [6.07, 6.45) is 2.35. The Balaban J connectivity index is 1.59. The van der Waals surface area contributed by atoms with Gasteiger partial charge in [0.15, 0.2) is 11.5 Å². The minimum Gasteiger partial charge on any atom is -0.507 e. The predicted octanol–water partition coefficient (Wildman–Crippen LogP) is 4.16. The van der Waals surface area contributed by atoms with Crippen LogP contribution >= 0.6 is 0 Å². The lowest BCUT2D eigenvalue weighted by atomic mass is 9.82. The van der Waals surface area contributed by atoms with Crippen LogP contribution in [0.1, 0.15) is 56.2 Å². The minimum absolute atomic E-state index is 0.116. The first-order chi connectivity index (χ1) is 18.8. The molecule has 0 bridgehead atoms. The number of benzene rings is 2. The van der Waals surface area contributed by atoms with Gasteiger partial charge in [0.2, 0.25) is 0 Å². The molecule has 0 aliphatic carbocycles. The number of hydrazone groups is 1. The van der Waals surface area contributed by atoms with Crippen LogP contribution in [0.3, 0.4) is 0 Å². The van der Waals surface area contributed by atoms with Crippen molar-refractivity contribution in [3.8, 4) is 28.7 Å². The molecular formula is C30H37N3O6. The number of hydrogen-bond donors (Lipinski definition) is 2. The van der Waals surface area contributed by atoms with Crippen LogP contribution in [0.4, 0.5) is 0 Å². The molecule has 1 amide bonds. The first kappa shape index (κ1) is 26.9. The molecule has 0 saturated carbocycles. The second kappa shape index (κ2) is 10.8. The van der Waals surface area contributed by atoms with Crippen molar-refractivity contribution >= 4 is 11.6 Å². The highest BCUT2D eigenvalue weighted by Gasteiger charge is 2.48. The summed E-state index contributed by atoms with van der Waals surface area (Å²) in [6, 6.07) is 6.54. The number of amides is 1. The quantitative estimate of drug-likeness (QED) is 0.367. The normalized spacial score (nSPS) is 21.6. The summed E-state index contributed by atoms with van der Waals surface area (Å²) >= 11 is 0. The Morgan fingerprint density at radius 2 is 2.00 bits per heavy atom. The van der Waals surface area contributed by atoms with Crippen LogP contribution in [0.5, 0.6) is 28.7 Å². The highest BCUT2D eigenvalue weighted by Crippen LogP contribution is 2.49. The van der Waals surface area contributed by atoms with Gasteiger partial charge in [-0.1, -0.05) is 19.9 Å². The fraction of sp³-hybridized carbons (Fsp3) is 0.467. The van der Waals surface area contributed by atoms with E-state index >= 15 is 0 Å². The molecular weight excluding hydrogens is 498 g/mol. The van der Waals surface area contributed by atoms with Gasteiger partial charge in [0.05, 0.1) is 31.9 Å². The first-order valence-corrected chi connectivity index (χ1v) is 13.5. The molecule has 0 fully saturated rings. The van der Waals surface area contributed by atoms with Gasteiger partial charge in [0.1, 0.15) is 36.0 Å². The van der Waals surface area contributed by atoms with Crippen molar-refractivity contribution in [2.75, 3.05) is 27.4 Å². The molecule has 9 heteroatoms. The number of hydrogen-bond acceptors (Lipinski definition) is 8. The van der Waals surface area contributed by atoms with E-state index < -0.39 is 6.04 Å². The molecule has 208 valence electrons. The molecule has 39 heavy (non-hydrogen) atoms. The zero-order chi connectivity index (χ0) is 27.8. The SMILES string of the molecule is C=C(C)[C@H]1Cc2c(ccc(C3=NN(C(=O)C(C)NCCCC)C4COc5cc(OC)c(OC)cc5C34)c2O)O1. The lowest BCUT2D eigenvalue weighted by Gasteiger charge is -2.34. The number of carbonyl (C=O) groups excluding carboxylic acids is 1. The van der Waals surface area contributed by atoms with Crippen molar-refractivity contribution in [2.45, 2.75) is 64.1 Å². The summed E-state index contributed by atoms with van der Waals surface area (Å²) < 4.78 is 23.2. The molecule has 2 aromatic carbocycles. The Bertz CT molecular complexity index is 1320. The Labute approximate surface area is 229 Å². The lowest BCUT2D eigenvalue weighted by Crippen LogP contribution is -2.49. The van der Waals surface area contributed by atoms with Gasteiger partial charge >= 0.3 is 0 Å². The summed E-state index contributed by atoms with van der Waals surface area (Å²) in [6.45, 7) is 10.9. The monoisotopic (exact) mass is 535 g/mol. The summed E-state index contributed by atoms with van der Waals surface area (Å²) in [7, 11) is 3.16. The zero-order valence-electron chi connectivity index (χ0n) is 23.2. The number of nitrogens with one attached hydrogen (secondary N) is 1. The number of fused-ring (bicyclic) bond motifs is 4. The zero-order valence-corrected chi connectivity index (χ0v) is 23.2. The standard InChI is InChI=1S/C30H37N3O6/c1-7-8-11-31-17(4)30(35)33-21-15-38-24-14-26(37-6)25(36-5)12-19(24)27(21)28(32-33)18-9-10-22-20(29(18)34)13-23(39-22)16(2)3/h9-10,12,14,17,21,23,27,31,34H,2,7-8,11,13,15H2,1,3-6H3/t17?,21?,23-,27?/m1/s1. The van der Waals surface area contributed by atoms with E-state index in [0.717, 1.165) is 36.1 Å². The van der Waals surface area contributed by atoms with Crippen LogP contribution < -0.4 is 24.3 Å². The third-order valence-corrected chi connectivity index (χ3v) is 7.77. The molecule has 5 rings (SSSR count). The molecule has 0 saturated heterocycles. The van der Waals surface area contributed by atoms with Gasteiger partial charge in [-0.25, -0.2) is 5.01 Å². The van der Waals surface area contributed by atoms with Gasteiger partial charge in [-0.3, -0.25) is 4.79 Å². The number of phenolic OH excluding ortho intramolecular Hbond substituents is 1. The molecule has 0 radical (unpaired) electrons. The third-order valence-electron chi connectivity index (χ3n) is 7.77. The maximum Gasteiger partial charge on any atom is 0.259 e. The maximum atomic E-state index is 13.7. The van der Waals surface area contributed by atoms with Crippen LogP contribution in [0.15, 0.2) is 41.5 Å². The van der Waals surface area contributed by atoms with Gasteiger partial charge < -0.3 is 29.4 Å². The average Bonchev–Trinajstić information content (AvgIpc) is 3.55. The molecule has 0 aromatic heterocycles. The third kappa shape index (κ3) is 4.69. The van der Waals surface area contributed by atoms with E-state index in [-0.39, 0.29) is 36.3 Å². The van der Waals surface area contributed by atoms with Crippen molar-refractivity contribution < 1.29 is 28.8 Å². The lowest BCUT2D eigenvalue weighted by molar-refractivity contribution is -0.135. The van der Waals surface area contributed by atoms with Crippen LogP contribution in [0.2, 0.25) is 0 Å². The molecule has 4 atom stereocenters. The van der Waals surface area contributed by atoms with Crippen molar-refractivity contribution in [3.05, 3.63) is 53.1 Å². The van der Waals surface area contributed by atoms with E-state index in [4.69, 9.17) is 24.0 Å². The fourth-order valence-corrected chi connectivity index (χ4v) is 5.52. The number of methoxy groups -OCH3 is 2. The molecule has 2 N–H and O–H groups in total. The number of carbonyl (C=O) groups is 1. The Hall–Kier alpha value is -3.72. The maximum absolute atomic E-state index is 13.7. The molecule has 3 unspecified atom stereocenters. The number of unbranched alkanes of at least 4 members (excludes halogenated alkanes) is 1. The van der Waals surface area contributed by atoms with Crippen molar-refractivity contribution in [1.29, 1.82) is 0 Å². The summed E-state index contributed by atoms with van der Waals surface area (Å²) in [5, 5.41) is 21.2. The summed E-state index contributed by atoms with van der Waals surface area (Å²) in [4.78, 5) is 13.7. The largest absolute Gasteiger partial charge is 0.507 e. The van der Waals surface area contributed by atoms with Gasteiger partial charge in [0, 0.05) is 29.2 Å². The Morgan fingerprint density at radius 1 is 1.26 bits per heavy atom. The fourth-order valence-electron chi connectivity index (χ4n) is 5.52. The molecule has 0 spiro atoms. The second-order valence-corrected chi connectivity index (χ2v) is 10.4. The highest BCUT2D eigenvalue weighted by atomic mass is 16.5. The van der Waals surface area contributed by atoms with Crippen molar-refractivity contribution in [3.63, 3.8) is 0 Å². The molecule has 3 aliphatic rings. The highest BCUT2D eigenvalue weighted by molar-refractivity contribution is 6.10. The molecule has 3 aliphatic heterocycles. The van der Waals surface area contributed by atoms with Crippen molar-refractivity contribution in [2.24, 2.45) is 5.10 Å². The van der Waals surface area contributed by atoms with Gasteiger partial charge in [-0.2, -0.15) is 5.10 Å². The molecule has 3 heterocycles. The number of rotatable bonds is 9. The van der Waals surface area contributed by atoms with Crippen LogP contribution in [0, 0.1) is 0 Å². The Morgan fingerprint density at radius 3 is 2.69 bits per heavy atom. The van der Waals surface area contributed by atoms with E-state index in [0.29, 0.717) is 40.7 Å². The predicted molar refractivity (Wildman–Crippen MR) is 148 cm³/mol. The smallest absolute Gasteiger partial charge is 0.259 e. The number of nitrogens with zero attached hydrogens (tertiary/aromatic N) is 2.